The van der Waals surface area contributed by atoms with Gasteiger partial charge >= 0.3 is 6.09 Å². The Bertz CT molecular complexity index is 397. The lowest BCUT2D eigenvalue weighted by molar-refractivity contribution is 0.127. The molecule has 0 saturated carbocycles. The van der Waals surface area contributed by atoms with Crippen LogP contribution in [0.2, 0.25) is 0 Å². The van der Waals surface area contributed by atoms with Gasteiger partial charge in [0.05, 0.1) is 12.0 Å². The molecule has 76 valence electrons. The predicted molar refractivity (Wildman–Crippen MR) is 54.2 cm³/mol. The number of cyclic esters (lactones) is 1. The van der Waals surface area contributed by atoms with Crippen LogP contribution in [0.3, 0.4) is 0 Å². The van der Waals surface area contributed by atoms with Crippen molar-refractivity contribution in [2.75, 3.05) is 18.1 Å². The molecule has 0 bridgehead atoms. The molecule has 1 saturated heterocycles. The highest BCUT2D eigenvalue weighted by Crippen LogP contribution is 2.19. The second kappa shape index (κ2) is 4.01. The zero-order valence-corrected chi connectivity index (χ0v) is 8.09. The molecule has 15 heavy (non-hydrogen) atoms. The number of carbonyl (C=O) groups is 1. The Hall–Kier alpha value is -2.02. The van der Waals surface area contributed by atoms with E-state index in [0.717, 1.165) is 5.69 Å². The van der Waals surface area contributed by atoms with Gasteiger partial charge in [-0.05, 0) is 12.1 Å². The first-order valence-electron chi connectivity index (χ1n) is 4.70. The Morgan fingerprint density at radius 3 is 2.80 bits per heavy atom. The van der Waals surface area contributed by atoms with Gasteiger partial charge < -0.3 is 4.74 Å². The lowest BCUT2D eigenvalue weighted by Gasteiger charge is -2.28. The Morgan fingerprint density at radius 1 is 1.40 bits per heavy atom. The van der Waals surface area contributed by atoms with Crippen LogP contribution in [0, 0.1) is 17.2 Å². The first kappa shape index (κ1) is 9.53. The monoisotopic (exact) mass is 202 g/mol. The maximum atomic E-state index is 11.5. The fourth-order valence-electron chi connectivity index (χ4n) is 1.49. The summed E-state index contributed by atoms with van der Waals surface area (Å²) >= 11 is 0. The highest BCUT2D eigenvalue weighted by atomic mass is 16.6. The van der Waals surface area contributed by atoms with E-state index >= 15 is 0 Å². The normalized spacial score (nSPS) is 20.6. The minimum absolute atomic E-state index is 0.193. The lowest BCUT2D eigenvalue weighted by Crippen LogP contribution is -2.42. The van der Waals surface area contributed by atoms with Crippen molar-refractivity contribution in [2.24, 2.45) is 5.92 Å². The van der Waals surface area contributed by atoms with Gasteiger partial charge in [-0.3, -0.25) is 4.90 Å². The minimum atomic E-state index is -0.382. The molecule has 0 spiro atoms. The molecule has 4 heteroatoms. The van der Waals surface area contributed by atoms with E-state index in [1.165, 1.54) is 4.90 Å². The molecule has 1 aromatic carbocycles. The summed E-state index contributed by atoms with van der Waals surface area (Å²) in [6.45, 7) is 0.595. The van der Waals surface area contributed by atoms with Crippen LogP contribution in [0.4, 0.5) is 10.5 Å². The molecular weight excluding hydrogens is 192 g/mol. The third-order valence-corrected chi connectivity index (χ3v) is 2.28. The molecule has 0 radical (unpaired) electrons. The van der Waals surface area contributed by atoms with Crippen LogP contribution in [0.25, 0.3) is 0 Å². The summed E-state index contributed by atoms with van der Waals surface area (Å²) in [7, 11) is 0. The summed E-state index contributed by atoms with van der Waals surface area (Å²) in [5.74, 6) is -0.247. The maximum Gasteiger partial charge on any atom is 0.414 e. The van der Waals surface area contributed by atoms with Crippen molar-refractivity contribution >= 4 is 11.8 Å². The number of hydrogen-bond donors (Lipinski definition) is 0. The smallest absolute Gasteiger partial charge is 0.414 e. The summed E-state index contributed by atoms with van der Waals surface area (Å²) in [4.78, 5) is 12.9. The molecular formula is C11H10N2O2. The number of ether oxygens (including phenoxy) is 1. The summed E-state index contributed by atoms with van der Waals surface area (Å²) in [6.07, 6.45) is -0.382. The van der Waals surface area contributed by atoms with Gasteiger partial charge in [0.1, 0.15) is 6.61 Å². The van der Waals surface area contributed by atoms with Gasteiger partial charge in [0.2, 0.25) is 0 Å². The minimum Gasteiger partial charge on any atom is -0.448 e. The van der Waals surface area contributed by atoms with E-state index in [1.807, 2.05) is 30.3 Å². The van der Waals surface area contributed by atoms with E-state index in [2.05, 4.69) is 6.07 Å². The molecule has 1 aliphatic heterocycles. The van der Waals surface area contributed by atoms with Crippen molar-refractivity contribution in [3.63, 3.8) is 0 Å². The molecule has 1 fully saturated rings. The lowest BCUT2D eigenvalue weighted by atomic mass is 10.1. The predicted octanol–water partition coefficient (Wildman–Crippen LogP) is 1.78. The Kier molecular flexibility index (Phi) is 2.55. The fourth-order valence-corrected chi connectivity index (χ4v) is 1.49. The Balaban J connectivity index is 2.21. The van der Waals surface area contributed by atoms with Crippen LogP contribution in [0.5, 0.6) is 0 Å². The topological polar surface area (TPSA) is 53.3 Å². The zero-order valence-electron chi connectivity index (χ0n) is 8.09. The number of hydrogen-bond acceptors (Lipinski definition) is 3. The summed E-state index contributed by atoms with van der Waals surface area (Å²) in [5.41, 5.74) is 0.766. The van der Waals surface area contributed by atoms with Crippen LogP contribution in [-0.4, -0.2) is 19.2 Å². The molecule has 2 rings (SSSR count). The van der Waals surface area contributed by atoms with Crippen molar-refractivity contribution in [1.29, 1.82) is 5.26 Å². The van der Waals surface area contributed by atoms with Gasteiger partial charge in [-0.25, -0.2) is 4.79 Å². The third kappa shape index (κ3) is 1.91. The van der Waals surface area contributed by atoms with Crippen molar-refractivity contribution in [1.82, 2.24) is 0 Å². The number of nitriles is 1. The quantitative estimate of drug-likeness (QED) is 0.697. The fraction of sp³-hybridized carbons (Fsp3) is 0.273. The van der Waals surface area contributed by atoms with E-state index in [4.69, 9.17) is 10.00 Å². The van der Waals surface area contributed by atoms with Crippen molar-refractivity contribution in [3.8, 4) is 6.07 Å². The number of benzene rings is 1. The molecule has 0 aliphatic carbocycles. The Morgan fingerprint density at radius 2 is 2.13 bits per heavy atom. The number of carbonyl (C=O) groups excluding carboxylic acids is 1. The van der Waals surface area contributed by atoms with E-state index in [1.54, 1.807) is 0 Å². The van der Waals surface area contributed by atoms with Gasteiger partial charge in [0.15, 0.2) is 0 Å². The van der Waals surface area contributed by atoms with Crippen LogP contribution in [0.1, 0.15) is 0 Å². The van der Waals surface area contributed by atoms with E-state index in [0.29, 0.717) is 6.54 Å². The molecule has 1 aromatic rings. The number of para-hydroxylation sites is 1. The molecule has 1 amide bonds. The molecule has 0 aromatic heterocycles. The van der Waals surface area contributed by atoms with Crippen molar-refractivity contribution in [3.05, 3.63) is 30.3 Å². The third-order valence-electron chi connectivity index (χ3n) is 2.28. The van der Waals surface area contributed by atoms with Gasteiger partial charge in [0, 0.05) is 12.2 Å². The average Bonchev–Trinajstić information content (AvgIpc) is 2.31. The molecule has 4 nitrogen and oxygen atoms in total. The molecule has 1 atom stereocenters. The highest BCUT2D eigenvalue weighted by Gasteiger charge is 2.27. The number of anilines is 1. The first-order valence-corrected chi connectivity index (χ1v) is 4.70. The van der Waals surface area contributed by atoms with Crippen LogP contribution in [0.15, 0.2) is 30.3 Å². The second-order valence-electron chi connectivity index (χ2n) is 3.35. The van der Waals surface area contributed by atoms with E-state index < -0.39 is 0 Å². The molecule has 1 aliphatic rings. The largest absolute Gasteiger partial charge is 0.448 e. The number of amides is 1. The highest BCUT2D eigenvalue weighted by molar-refractivity contribution is 5.88. The zero-order chi connectivity index (χ0) is 10.7. The summed E-state index contributed by atoms with van der Waals surface area (Å²) < 4.78 is 4.91. The van der Waals surface area contributed by atoms with E-state index in [9.17, 15) is 4.79 Å². The van der Waals surface area contributed by atoms with Crippen LogP contribution in [-0.2, 0) is 4.74 Å². The van der Waals surface area contributed by atoms with Gasteiger partial charge in [0.25, 0.3) is 0 Å². The van der Waals surface area contributed by atoms with Gasteiger partial charge in [-0.1, -0.05) is 18.2 Å². The van der Waals surface area contributed by atoms with E-state index in [-0.39, 0.29) is 18.6 Å². The standard InChI is InChI=1S/C11H10N2O2/c12-6-9-7-13(11(14)15-8-9)10-4-2-1-3-5-10/h1-5,9H,7-8H2. The Labute approximate surface area is 87.7 Å². The molecule has 1 unspecified atom stereocenters. The number of nitrogens with zero attached hydrogens (tertiary/aromatic N) is 2. The van der Waals surface area contributed by atoms with Crippen LogP contribution >= 0.6 is 0 Å². The maximum absolute atomic E-state index is 11.5. The van der Waals surface area contributed by atoms with Gasteiger partial charge in [-0.15, -0.1) is 0 Å². The van der Waals surface area contributed by atoms with Crippen LogP contribution < -0.4 is 4.90 Å². The number of rotatable bonds is 1. The van der Waals surface area contributed by atoms with Crippen molar-refractivity contribution in [2.45, 2.75) is 0 Å². The average molecular weight is 202 g/mol. The van der Waals surface area contributed by atoms with Gasteiger partial charge in [-0.2, -0.15) is 5.26 Å². The molecule has 1 heterocycles. The second-order valence-corrected chi connectivity index (χ2v) is 3.35. The molecule has 0 N–H and O–H groups in total. The van der Waals surface area contributed by atoms with Crippen molar-refractivity contribution < 1.29 is 9.53 Å². The SMILES string of the molecule is N#CC1COC(=O)N(c2ccccc2)C1. The summed E-state index contributed by atoms with van der Waals surface area (Å²) in [5, 5.41) is 8.77. The first-order chi connectivity index (χ1) is 7.31. The summed E-state index contributed by atoms with van der Waals surface area (Å²) in [6, 6.07) is 11.3.